The van der Waals surface area contributed by atoms with Crippen molar-refractivity contribution in [3.8, 4) is 0 Å². The van der Waals surface area contributed by atoms with Crippen LogP contribution in [-0.4, -0.2) is 10.7 Å². The first-order valence-corrected chi connectivity index (χ1v) is 11.9. The Kier molecular flexibility index (Phi) is 6.33. The fourth-order valence-corrected chi connectivity index (χ4v) is 4.74. The van der Waals surface area contributed by atoms with Crippen molar-refractivity contribution in [2.24, 2.45) is 0 Å². The lowest BCUT2D eigenvalue weighted by molar-refractivity contribution is 0.552. The van der Waals surface area contributed by atoms with Gasteiger partial charge in [-0.2, -0.15) is 0 Å². The molecule has 0 amide bonds. The minimum atomic E-state index is -0.665. The minimum absolute atomic E-state index is 0.451. The van der Waals surface area contributed by atoms with Gasteiger partial charge in [0.1, 0.15) is 5.54 Å². The fourth-order valence-electron chi connectivity index (χ4n) is 4.74. The van der Waals surface area contributed by atoms with Crippen LogP contribution in [0.4, 0.5) is 5.69 Å². The second-order valence-electron chi connectivity index (χ2n) is 8.81. The second-order valence-corrected chi connectivity index (χ2v) is 8.81. The predicted octanol–water partition coefficient (Wildman–Crippen LogP) is 6.78. The van der Waals surface area contributed by atoms with Crippen LogP contribution in [0, 0.1) is 5.41 Å². The maximum atomic E-state index is 8.62. The topological polar surface area (TPSA) is 74.8 Å². The molecule has 4 heteroatoms. The SMILES string of the molecule is CC(=N)/C(=C\NC(c1ccccc1)(c1ccccc1)c1ccccc1)c1ccc2nccc(N)c2c1. The van der Waals surface area contributed by atoms with Gasteiger partial charge in [-0.05, 0) is 47.4 Å². The molecule has 5 aromatic rings. The number of pyridine rings is 1. The summed E-state index contributed by atoms with van der Waals surface area (Å²) < 4.78 is 0. The van der Waals surface area contributed by atoms with E-state index in [2.05, 4.69) is 83.1 Å². The van der Waals surface area contributed by atoms with E-state index >= 15 is 0 Å². The highest BCUT2D eigenvalue weighted by Gasteiger charge is 2.35. The number of benzene rings is 4. The Morgan fingerprint density at radius 2 is 1.31 bits per heavy atom. The van der Waals surface area contributed by atoms with E-state index in [1.165, 1.54) is 0 Å². The quantitative estimate of drug-likeness (QED) is 0.182. The number of hydrogen-bond donors (Lipinski definition) is 3. The summed E-state index contributed by atoms with van der Waals surface area (Å²) in [5, 5.41) is 13.3. The summed E-state index contributed by atoms with van der Waals surface area (Å²) in [6.07, 6.45) is 3.68. The molecule has 0 bridgehead atoms. The van der Waals surface area contributed by atoms with E-state index in [1.54, 1.807) is 19.2 Å². The average molecular weight is 469 g/mol. The van der Waals surface area contributed by atoms with E-state index in [0.29, 0.717) is 11.4 Å². The zero-order valence-electron chi connectivity index (χ0n) is 20.1. The van der Waals surface area contributed by atoms with Gasteiger partial charge < -0.3 is 16.5 Å². The number of allylic oxidation sites excluding steroid dienone is 1. The third-order valence-corrected chi connectivity index (χ3v) is 6.54. The number of anilines is 1. The van der Waals surface area contributed by atoms with Crippen LogP contribution in [0.3, 0.4) is 0 Å². The standard InChI is InChI=1S/C32H28N4/c1-23(33)29(24-17-18-31-28(21-24)30(34)19-20-35-31)22-36-32(25-11-5-2-6-12-25,26-13-7-3-8-14-26)27-15-9-4-10-16-27/h2-22,33,36H,1H3,(H2,34,35)/b29-22+,33-23?. The van der Waals surface area contributed by atoms with Crippen LogP contribution in [0.1, 0.15) is 29.2 Å². The molecule has 4 aromatic carbocycles. The first-order valence-electron chi connectivity index (χ1n) is 11.9. The van der Waals surface area contributed by atoms with E-state index in [-0.39, 0.29) is 0 Å². The molecule has 176 valence electrons. The normalized spacial score (nSPS) is 11.9. The Morgan fingerprint density at radius 3 is 1.81 bits per heavy atom. The van der Waals surface area contributed by atoms with Gasteiger partial charge in [0.15, 0.2) is 0 Å². The molecule has 0 aliphatic heterocycles. The monoisotopic (exact) mass is 468 g/mol. The maximum Gasteiger partial charge on any atom is 0.113 e. The third-order valence-electron chi connectivity index (χ3n) is 6.54. The van der Waals surface area contributed by atoms with Gasteiger partial charge in [0.05, 0.1) is 5.52 Å². The number of hydrogen-bond acceptors (Lipinski definition) is 4. The van der Waals surface area contributed by atoms with Crippen molar-refractivity contribution in [1.29, 1.82) is 5.41 Å². The van der Waals surface area contributed by atoms with Crippen molar-refractivity contribution in [1.82, 2.24) is 10.3 Å². The molecule has 0 aliphatic carbocycles. The van der Waals surface area contributed by atoms with Gasteiger partial charge in [-0.25, -0.2) is 0 Å². The molecule has 0 saturated carbocycles. The van der Waals surface area contributed by atoms with Crippen LogP contribution in [-0.2, 0) is 5.54 Å². The molecule has 0 saturated heterocycles. The predicted molar refractivity (Wildman–Crippen MR) is 150 cm³/mol. The molecule has 5 rings (SSSR count). The molecule has 0 spiro atoms. The third kappa shape index (κ3) is 4.25. The lowest BCUT2D eigenvalue weighted by Crippen LogP contribution is -2.42. The van der Waals surface area contributed by atoms with Crippen LogP contribution in [0.5, 0.6) is 0 Å². The summed E-state index contributed by atoms with van der Waals surface area (Å²) in [7, 11) is 0. The van der Waals surface area contributed by atoms with E-state index < -0.39 is 5.54 Å². The van der Waals surface area contributed by atoms with E-state index in [9.17, 15) is 0 Å². The number of fused-ring (bicyclic) bond motifs is 1. The molecular weight excluding hydrogens is 440 g/mol. The van der Waals surface area contributed by atoms with Gasteiger partial charge >= 0.3 is 0 Å². The Bertz CT molecular complexity index is 1430. The fraction of sp³-hybridized carbons (Fsp3) is 0.0625. The lowest BCUT2D eigenvalue weighted by atomic mass is 9.77. The van der Waals surface area contributed by atoms with E-state index in [1.807, 2.05) is 42.6 Å². The molecule has 0 fully saturated rings. The Balaban J connectivity index is 1.72. The van der Waals surface area contributed by atoms with Crippen molar-refractivity contribution >= 4 is 27.9 Å². The summed E-state index contributed by atoms with van der Waals surface area (Å²) in [6, 6.07) is 39.0. The zero-order chi connectivity index (χ0) is 25.0. The number of aromatic nitrogens is 1. The second kappa shape index (κ2) is 9.88. The van der Waals surface area contributed by atoms with Gasteiger partial charge in [0.25, 0.3) is 0 Å². The minimum Gasteiger partial charge on any atom is -0.398 e. The summed E-state index contributed by atoms with van der Waals surface area (Å²) in [5.41, 5.74) is 12.5. The number of nitrogens with two attached hydrogens (primary N) is 1. The highest BCUT2D eigenvalue weighted by Crippen LogP contribution is 2.37. The average Bonchev–Trinajstić information content (AvgIpc) is 2.93. The van der Waals surface area contributed by atoms with E-state index in [0.717, 1.165) is 38.7 Å². The van der Waals surface area contributed by atoms with Crippen molar-refractivity contribution in [2.45, 2.75) is 12.5 Å². The highest BCUT2D eigenvalue weighted by molar-refractivity contribution is 6.21. The summed E-state index contributed by atoms with van der Waals surface area (Å²) in [5.74, 6) is 0. The molecule has 0 atom stereocenters. The van der Waals surface area contributed by atoms with Gasteiger partial charge in [0, 0.05) is 34.8 Å². The molecule has 4 N–H and O–H groups in total. The Labute approximate surface area is 211 Å². The number of nitrogens with one attached hydrogen (secondary N) is 2. The molecule has 0 unspecified atom stereocenters. The molecule has 1 aromatic heterocycles. The smallest absolute Gasteiger partial charge is 0.113 e. The van der Waals surface area contributed by atoms with Crippen molar-refractivity contribution < 1.29 is 0 Å². The van der Waals surface area contributed by atoms with Gasteiger partial charge in [-0.3, -0.25) is 4.98 Å². The Morgan fingerprint density at radius 1 is 0.778 bits per heavy atom. The lowest BCUT2D eigenvalue weighted by Gasteiger charge is -2.37. The molecule has 36 heavy (non-hydrogen) atoms. The van der Waals surface area contributed by atoms with Crippen LogP contribution in [0.15, 0.2) is 128 Å². The van der Waals surface area contributed by atoms with Crippen LogP contribution < -0.4 is 11.1 Å². The molecule has 0 radical (unpaired) electrons. The van der Waals surface area contributed by atoms with E-state index in [4.69, 9.17) is 11.1 Å². The van der Waals surface area contributed by atoms with Gasteiger partial charge in [-0.15, -0.1) is 0 Å². The highest BCUT2D eigenvalue weighted by atomic mass is 15.0. The number of nitrogen functional groups attached to an aromatic ring is 1. The Hall–Kier alpha value is -4.70. The zero-order valence-corrected chi connectivity index (χ0v) is 20.1. The van der Waals surface area contributed by atoms with Crippen molar-refractivity contribution in [3.63, 3.8) is 0 Å². The molecule has 0 aliphatic rings. The maximum absolute atomic E-state index is 8.62. The van der Waals surface area contributed by atoms with Crippen molar-refractivity contribution in [2.75, 3.05) is 5.73 Å². The molecule has 1 heterocycles. The molecular formula is C32H28N4. The largest absolute Gasteiger partial charge is 0.398 e. The first-order chi connectivity index (χ1) is 17.6. The molecule has 4 nitrogen and oxygen atoms in total. The summed E-state index contributed by atoms with van der Waals surface area (Å²) in [4.78, 5) is 4.42. The van der Waals surface area contributed by atoms with Crippen LogP contribution >= 0.6 is 0 Å². The number of rotatable bonds is 7. The number of nitrogens with zero attached hydrogens (tertiary/aromatic N) is 1. The van der Waals surface area contributed by atoms with Crippen molar-refractivity contribution in [3.05, 3.63) is 150 Å². The summed E-state index contributed by atoms with van der Waals surface area (Å²) >= 11 is 0. The van der Waals surface area contributed by atoms with Gasteiger partial charge in [-0.1, -0.05) is 97.1 Å². The van der Waals surface area contributed by atoms with Gasteiger partial charge in [0.2, 0.25) is 0 Å². The van der Waals surface area contributed by atoms with Crippen LogP contribution in [0.2, 0.25) is 0 Å². The summed E-state index contributed by atoms with van der Waals surface area (Å²) in [6.45, 7) is 1.81. The first kappa shape index (κ1) is 23.1. The van der Waals surface area contributed by atoms with Crippen LogP contribution in [0.25, 0.3) is 16.5 Å².